The molecule has 10 nitrogen and oxygen atoms in total. The molecule has 4 saturated carbocycles. The highest BCUT2D eigenvalue weighted by atomic mass is 16.6. The average molecular weight is 767 g/mol. The van der Waals surface area contributed by atoms with Crippen LogP contribution in [0.15, 0.2) is 30.3 Å². The van der Waals surface area contributed by atoms with Crippen LogP contribution in [0, 0.1) is 46.3 Å². The number of nitrogens with one attached hydrogen (secondary N) is 1. The number of esters is 3. The van der Waals surface area contributed by atoms with Gasteiger partial charge in [0, 0.05) is 30.7 Å². The fourth-order valence-electron chi connectivity index (χ4n) is 11.5. The average Bonchev–Trinajstić information content (AvgIpc) is 3.49. The number of carbonyl (C=O) groups excluding carboxylic acids is 4. The normalized spacial score (nSPS) is 33.3. The van der Waals surface area contributed by atoms with Gasteiger partial charge in [-0.15, -0.1) is 0 Å². The third-order valence-electron chi connectivity index (χ3n) is 14.1. The SMILES string of the molecule is CCC(=O)O[C@@H]1CC[C@@]2(C)[C@@H](C1)C[C@@H](OC(=O)CNC(=O)OC(C)(C)C)[C@@H]1[C@@H]2C[C@H](OC(=O)CC)[C@]2(C)[C@@H]([C@H](C)CCCN(C)Cc3ccccc3)CC[C@@H]12. The van der Waals surface area contributed by atoms with Crippen LogP contribution in [-0.2, 0) is 39.9 Å². The van der Waals surface area contributed by atoms with Crippen LogP contribution in [0.4, 0.5) is 4.79 Å². The molecule has 0 unspecified atom stereocenters. The summed E-state index contributed by atoms with van der Waals surface area (Å²) in [5.74, 6) is 0.536. The second kappa shape index (κ2) is 18.0. The summed E-state index contributed by atoms with van der Waals surface area (Å²) in [6, 6.07) is 10.6. The van der Waals surface area contributed by atoms with Gasteiger partial charge in [-0.2, -0.15) is 0 Å². The number of ether oxygens (including phenoxy) is 4. The Balaban J connectivity index is 1.39. The van der Waals surface area contributed by atoms with Gasteiger partial charge in [-0.25, -0.2) is 4.79 Å². The second-order valence-electron chi connectivity index (χ2n) is 18.8. The first-order valence-corrected chi connectivity index (χ1v) is 21.3. The summed E-state index contributed by atoms with van der Waals surface area (Å²) in [6.07, 6.45) is 7.25. The smallest absolute Gasteiger partial charge is 0.408 e. The van der Waals surface area contributed by atoms with Gasteiger partial charge in [0.2, 0.25) is 0 Å². The lowest BCUT2D eigenvalue weighted by Gasteiger charge is -2.64. The predicted octanol–water partition coefficient (Wildman–Crippen LogP) is 8.49. The molecule has 11 atom stereocenters. The third-order valence-corrected chi connectivity index (χ3v) is 14.1. The monoisotopic (exact) mass is 767 g/mol. The number of fused-ring (bicyclic) bond motifs is 5. The van der Waals surface area contributed by atoms with Crippen LogP contribution in [0.2, 0.25) is 0 Å². The Morgan fingerprint density at radius 2 is 1.58 bits per heavy atom. The number of rotatable bonds is 14. The molecule has 0 heterocycles. The maximum absolute atomic E-state index is 13.6. The van der Waals surface area contributed by atoms with Crippen LogP contribution in [0.1, 0.15) is 132 Å². The van der Waals surface area contributed by atoms with Gasteiger partial charge < -0.3 is 29.2 Å². The fraction of sp³-hybridized carbons (Fsp3) is 0.778. The Morgan fingerprint density at radius 3 is 2.25 bits per heavy atom. The molecule has 1 aromatic rings. The third kappa shape index (κ3) is 10.1. The van der Waals surface area contributed by atoms with Crippen molar-refractivity contribution in [1.82, 2.24) is 10.2 Å². The van der Waals surface area contributed by atoms with Gasteiger partial charge in [0.25, 0.3) is 0 Å². The molecule has 0 bridgehead atoms. The maximum atomic E-state index is 13.6. The Morgan fingerprint density at radius 1 is 0.891 bits per heavy atom. The van der Waals surface area contributed by atoms with Crippen LogP contribution < -0.4 is 5.32 Å². The van der Waals surface area contributed by atoms with Gasteiger partial charge in [0.15, 0.2) is 0 Å². The molecular formula is C45H70N2O8. The summed E-state index contributed by atoms with van der Waals surface area (Å²) in [5, 5.41) is 2.60. The van der Waals surface area contributed by atoms with Crippen molar-refractivity contribution < 1.29 is 38.1 Å². The van der Waals surface area contributed by atoms with E-state index in [-0.39, 0.29) is 71.3 Å². The van der Waals surface area contributed by atoms with E-state index < -0.39 is 17.7 Å². The van der Waals surface area contributed by atoms with E-state index in [0.29, 0.717) is 31.1 Å². The Hall–Kier alpha value is -3.14. The Kier molecular flexibility index (Phi) is 14.1. The molecule has 0 aromatic heterocycles. The zero-order chi connectivity index (χ0) is 40.1. The predicted molar refractivity (Wildman–Crippen MR) is 212 cm³/mol. The molecule has 1 amide bonds. The van der Waals surface area contributed by atoms with E-state index in [1.165, 1.54) is 5.56 Å². The van der Waals surface area contributed by atoms with Crippen LogP contribution in [0.5, 0.6) is 0 Å². The largest absolute Gasteiger partial charge is 0.462 e. The van der Waals surface area contributed by atoms with Crippen molar-refractivity contribution in [2.75, 3.05) is 20.1 Å². The molecule has 10 heteroatoms. The van der Waals surface area contributed by atoms with Crippen LogP contribution in [0.3, 0.4) is 0 Å². The van der Waals surface area contributed by atoms with Crippen molar-refractivity contribution in [2.24, 2.45) is 46.3 Å². The number of alkyl carbamates (subject to hydrolysis) is 1. The molecule has 55 heavy (non-hydrogen) atoms. The summed E-state index contributed by atoms with van der Waals surface area (Å²) in [6.45, 7) is 17.8. The molecular weight excluding hydrogens is 697 g/mol. The molecule has 308 valence electrons. The van der Waals surface area contributed by atoms with E-state index in [1.54, 1.807) is 20.8 Å². The summed E-state index contributed by atoms with van der Waals surface area (Å²) in [5.41, 5.74) is 0.253. The van der Waals surface area contributed by atoms with Gasteiger partial charge in [0.1, 0.15) is 30.5 Å². The van der Waals surface area contributed by atoms with E-state index in [9.17, 15) is 19.2 Å². The van der Waals surface area contributed by atoms with E-state index in [4.69, 9.17) is 18.9 Å². The summed E-state index contributed by atoms with van der Waals surface area (Å²) >= 11 is 0. The topological polar surface area (TPSA) is 120 Å². The summed E-state index contributed by atoms with van der Waals surface area (Å²) in [4.78, 5) is 54.0. The van der Waals surface area contributed by atoms with Crippen molar-refractivity contribution in [2.45, 2.75) is 156 Å². The molecule has 1 aromatic carbocycles. The molecule has 0 aliphatic heterocycles. The van der Waals surface area contributed by atoms with Gasteiger partial charge in [0.05, 0.1) is 0 Å². The molecule has 1 N–H and O–H groups in total. The van der Waals surface area contributed by atoms with E-state index >= 15 is 0 Å². The highest BCUT2D eigenvalue weighted by molar-refractivity contribution is 5.78. The minimum atomic E-state index is -0.688. The van der Waals surface area contributed by atoms with Gasteiger partial charge in [-0.1, -0.05) is 65.0 Å². The zero-order valence-electron chi connectivity index (χ0n) is 35.2. The van der Waals surface area contributed by atoms with Crippen molar-refractivity contribution in [3.63, 3.8) is 0 Å². The number of hydrogen-bond acceptors (Lipinski definition) is 9. The Bertz CT molecular complexity index is 1480. The molecule has 0 spiro atoms. The number of amides is 1. The molecule has 4 aliphatic rings. The standard InChI is InChI=1S/C45H70N2O8/c1-10-38(48)52-32-21-22-44(7)31(24-32)25-36(53-40(50)27-46-42(51)55-43(4,5)6)41-34-20-19-33(45(34,8)37(26-35(41)44)54-39(49)11-2)29(3)16-15-23-47(9)28-30-17-13-12-14-18-30/h12-14,17-18,29,31-37,41H,10-11,15-16,19-28H2,1-9H3,(H,46,51)/t29-,31+,32-,33-,34+,35+,36-,37+,41+,44+,45-/m1/s1. The second-order valence-corrected chi connectivity index (χ2v) is 18.8. The minimum Gasteiger partial charge on any atom is -0.462 e. The molecule has 4 aliphatic carbocycles. The van der Waals surface area contributed by atoms with Gasteiger partial charge in [-0.3, -0.25) is 14.4 Å². The first-order chi connectivity index (χ1) is 26.0. The van der Waals surface area contributed by atoms with Crippen molar-refractivity contribution in [1.29, 1.82) is 0 Å². The molecule has 5 rings (SSSR count). The Labute approximate surface area is 330 Å². The molecule has 0 radical (unpaired) electrons. The van der Waals surface area contributed by atoms with Crippen molar-refractivity contribution >= 4 is 24.0 Å². The lowest BCUT2D eigenvalue weighted by molar-refractivity contribution is -0.225. The highest BCUT2D eigenvalue weighted by Gasteiger charge is 2.67. The van der Waals surface area contributed by atoms with Crippen LogP contribution >= 0.6 is 0 Å². The first-order valence-electron chi connectivity index (χ1n) is 21.3. The highest BCUT2D eigenvalue weighted by Crippen LogP contribution is 2.69. The maximum Gasteiger partial charge on any atom is 0.408 e. The zero-order valence-corrected chi connectivity index (χ0v) is 35.2. The van der Waals surface area contributed by atoms with Crippen LogP contribution in [0.25, 0.3) is 0 Å². The molecule has 0 saturated heterocycles. The van der Waals surface area contributed by atoms with Crippen molar-refractivity contribution in [3.8, 4) is 0 Å². The van der Waals surface area contributed by atoms with Gasteiger partial charge >= 0.3 is 24.0 Å². The van der Waals surface area contributed by atoms with Crippen molar-refractivity contribution in [3.05, 3.63) is 35.9 Å². The molecule has 4 fully saturated rings. The first kappa shape index (κ1) is 43.0. The van der Waals surface area contributed by atoms with Gasteiger partial charge in [-0.05, 0) is 133 Å². The summed E-state index contributed by atoms with van der Waals surface area (Å²) in [7, 11) is 2.19. The summed E-state index contributed by atoms with van der Waals surface area (Å²) < 4.78 is 24.3. The van der Waals surface area contributed by atoms with E-state index in [0.717, 1.165) is 64.5 Å². The van der Waals surface area contributed by atoms with E-state index in [2.05, 4.69) is 68.4 Å². The lowest BCUT2D eigenvalue weighted by Crippen LogP contribution is -2.63. The van der Waals surface area contributed by atoms with E-state index in [1.807, 2.05) is 13.8 Å². The number of hydrogen-bond donors (Lipinski definition) is 1. The number of nitrogens with zero attached hydrogens (tertiary/aromatic N) is 1. The van der Waals surface area contributed by atoms with Crippen LogP contribution in [-0.4, -0.2) is 73.0 Å². The minimum absolute atomic E-state index is 0.0808. The quantitative estimate of drug-likeness (QED) is 0.147. The number of carbonyl (C=O) groups is 4. The fourth-order valence-corrected chi connectivity index (χ4v) is 11.5. The lowest BCUT2D eigenvalue weighted by atomic mass is 9.43. The number of benzene rings is 1.